The van der Waals surface area contributed by atoms with Crippen LogP contribution in [0, 0.1) is 12.8 Å². The van der Waals surface area contributed by atoms with E-state index in [0.717, 1.165) is 18.7 Å². The van der Waals surface area contributed by atoms with Crippen molar-refractivity contribution in [1.82, 2.24) is 30.6 Å². The van der Waals surface area contributed by atoms with E-state index in [2.05, 4.69) is 37.5 Å². The summed E-state index contributed by atoms with van der Waals surface area (Å²) < 4.78 is 5.54. The fourth-order valence-electron chi connectivity index (χ4n) is 3.62. The lowest BCUT2D eigenvalue weighted by Gasteiger charge is -2.39. The van der Waals surface area contributed by atoms with Crippen LogP contribution < -0.4 is 10.6 Å². The minimum atomic E-state index is -0.441. The molecule has 3 amide bonds. The summed E-state index contributed by atoms with van der Waals surface area (Å²) in [4.78, 5) is 33.2. The minimum absolute atomic E-state index is 0.0187. The highest BCUT2D eigenvalue weighted by Crippen LogP contribution is 2.24. The second kappa shape index (κ2) is 10.7. The van der Waals surface area contributed by atoms with E-state index in [0.29, 0.717) is 37.3 Å². The molecule has 0 spiro atoms. The molecule has 9 nitrogen and oxygen atoms in total. The molecule has 1 aliphatic heterocycles. The zero-order valence-corrected chi connectivity index (χ0v) is 19.6. The summed E-state index contributed by atoms with van der Waals surface area (Å²) >= 11 is 0. The molecule has 32 heavy (non-hydrogen) atoms. The number of carbonyl (C=O) groups is 2. The fraction of sp³-hybridized carbons (Fsp3) is 0.565. The smallest absolute Gasteiger partial charge is 0.321 e. The molecule has 2 heterocycles. The number of amides is 3. The van der Waals surface area contributed by atoms with Crippen molar-refractivity contribution in [2.24, 2.45) is 5.92 Å². The van der Waals surface area contributed by atoms with Gasteiger partial charge in [0.05, 0.1) is 12.1 Å². The van der Waals surface area contributed by atoms with Crippen LogP contribution in [0.4, 0.5) is 4.79 Å². The van der Waals surface area contributed by atoms with E-state index in [-0.39, 0.29) is 18.0 Å². The van der Waals surface area contributed by atoms with Gasteiger partial charge in [-0.15, -0.1) is 0 Å². The molecule has 3 rings (SSSR count). The molecule has 2 N–H and O–H groups in total. The number of aromatic nitrogens is 2. The molecule has 0 bridgehead atoms. The highest BCUT2D eigenvalue weighted by Gasteiger charge is 2.30. The molecular weight excluding hydrogens is 408 g/mol. The lowest BCUT2D eigenvalue weighted by atomic mass is 10.1. The number of hydrogen-bond donors (Lipinski definition) is 2. The Hall–Kier alpha value is -2.78. The Balaban J connectivity index is 1.50. The number of piperazine rings is 1. The van der Waals surface area contributed by atoms with Gasteiger partial charge in [0.2, 0.25) is 17.6 Å². The molecule has 2 aromatic rings. The first kappa shape index (κ1) is 23.9. The molecule has 1 saturated heterocycles. The zero-order valence-electron chi connectivity index (χ0n) is 19.6. The van der Waals surface area contributed by atoms with Crippen molar-refractivity contribution in [3.8, 4) is 11.4 Å². The molecule has 1 aromatic carbocycles. The van der Waals surface area contributed by atoms with Gasteiger partial charge < -0.3 is 9.84 Å². The van der Waals surface area contributed by atoms with E-state index < -0.39 is 6.03 Å². The van der Waals surface area contributed by atoms with E-state index >= 15 is 0 Å². The molecular formula is C23H34N6O3. The van der Waals surface area contributed by atoms with E-state index in [4.69, 9.17) is 4.52 Å². The molecule has 0 saturated carbocycles. The summed E-state index contributed by atoms with van der Waals surface area (Å²) in [6, 6.07) is 7.19. The molecule has 0 radical (unpaired) electrons. The maximum absolute atomic E-state index is 12.4. The van der Waals surface area contributed by atoms with E-state index in [1.165, 1.54) is 5.56 Å². The molecule has 2 atom stereocenters. The maximum atomic E-state index is 12.4. The molecule has 1 aliphatic rings. The van der Waals surface area contributed by atoms with Crippen LogP contribution in [0.5, 0.6) is 0 Å². The number of aryl methyl sites for hydroxylation is 1. The Morgan fingerprint density at radius 3 is 2.28 bits per heavy atom. The number of imide groups is 1. The first-order valence-corrected chi connectivity index (χ1v) is 11.2. The topological polar surface area (TPSA) is 104 Å². The number of nitrogens with one attached hydrogen (secondary N) is 2. The van der Waals surface area contributed by atoms with Crippen LogP contribution in [0.15, 0.2) is 28.8 Å². The first-order valence-electron chi connectivity index (χ1n) is 11.2. The van der Waals surface area contributed by atoms with Gasteiger partial charge in [-0.1, -0.05) is 48.8 Å². The van der Waals surface area contributed by atoms with E-state index in [1.54, 1.807) is 0 Å². The van der Waals surface area contributed by atoms with Crippen molar-refractivity contribution < 1.29 is 14.1 Å². The van der Waals surface area contributed by atoms with Gasteiger partial charge >= 0.3 is 6.03 Å². The summed E-state index contributed by atoms with van der Waals surface area (Å²) in [6.07, 6.45) is 0. The van der Waals surface area contributed by atoms with Crippen LogP contribution in [-0.4, -0.2) is 70.6 Å². The predicted octanol–water partition coefficient (Wildman–Crippen LogP) is 2.59. The number of hydrogen-bond acceptors (Lipinski definition) is 7. The van der Waals surface area contributed by atoms with Gasteiger partial charge in [-0.3, -0.25) is 19.9 Å². The van der Waals surface area contributed by atoms with Gasteiger partial charge in [0.25, 0.3) is 0 Å². The first-order chi connectivity index (χ1) is 15.2. The number of benzene rings is 1. The second-order valence-electron chi connectivity index (χ2n) is 8.84. The van der Waals surface area contributed by atoms with Gasteiger partial charge in [-0.25, -0.2) is 4.79 Å². The van der Waals surface area contributed by atoms with Gasteiger partial charge in [0, 0.05) is 38.3 Å². The normalized spacial score (nSPS) is 17.2. The number of rotatable bonds is 7. The SMILES string of the molecule is Cc1ccc(-c2noc(C(C)N3CCN(C(C)C(=O)NC(=O)NCC(C)C)CC3)n2)cc1. The Morgan fingerprint density at radius 1 is 1.03 bits per heavy atom. The van der Waals surface area contributed by atoms with Crippen LogP contribution in [0.1, 0.15) is 45.2 Å². The van der Waals surface area contributed by atoms with Crippen molar-refractivity contribution in [3.05, 3.63) is 35.7 Å². The lowest BCUT2D eigenvalue weighted by Crippen LogP contribution is -2.55. The number of nitrogens with zero attached hydrogens (tertiary/aromatic N) is 4. The minimum Gasteiger partial charge on any atom is -0.338 e. The van der Waals surface area contributed by atoms with Crippen molar-refractivity contribution >= 4 is 11.9 Å². The van der Waals surface area contributed by atoms with Gasteiger partial charge in [0.1, 0.15) is 0 Å². The van der Waals surface area contributed by atoms with Gasteiger partial charge in [-0.05, 0) is 26.7 Å². The van der Waals surface area contributed by atoms with Crippen molar-refractivity contribution in [2.45, 2.75) is 46.7 Å². The lowest BCUT2D eigenvalue weighted by molar-refractivity contribution is -0.125. The number of urea groups is 1. The molecule has 1 aromatic heterocycles. The maximum Gasteiger partial charge on any atom is 0.321 e. The Labute approximate surface area is 189 Å². The summed E-state index contributed by atoms with van der Waals surface area (Å²) in [5.74, 6) is 1.22. The third-order valence-corrected chi connectivity index (χ3v) is 5.84. The highest BCUT2D eigenvalue weighted by molar-refractivity contribution is 5.96. The third-order valence-electron chi connectivity index (χ3n) is 5.84. The van der Waals surface area contributed by atoms with Gasteiger partial charge in [0.15, 0.2) is 0 Å². The molecule has 2 unspecified atom stereocenters. The fourth-order valence-corrected chi connectivity index (χ4v) is 3.62. The third kappa shape index (κ3) is 6.14. The second-order valence-corrected chi connectivity index (χ2v) is 8.84. The molecule has 9 heteroatoms. The molecule has 174 valence electrons. The Morgan fingerprint density at radius 2 is 1.66 bits per heavy atom. The monoisotopic (exact) mass is 442 g/mol. The Bertz CT molecular complexity index is 903. The predicted molar refractivity (Wildman–Crippen MR) is 122 cm³/mol. The van der Waals surface area contributed by atoms with Crippen LogP contribution in [0.3, 0.4) is 0 Å². The van der Waals surface area contributed by atoms with E-state index in [9.17, 15) is 9.59 Å². The van der Waals surface area contributed by atoms with E-state index in [1.807, 2.05) is 52.0 Å². The largest absolute Gasteiger partial charge is 0.338 e. The zero-order chi connectivity index (χ0) is 23.3. The van der Waals surface area contributed by atoms with Crippen LogP contribution in [-0.2, 0) is 4.79 Å². The summed E-state index contributed by atoms with van der Waals surface area (Å²) in [5, 5.41) is 9.28. The standard InChI is InChI=1S/C23H34N6O3/c1-15(2)14-24-23(31)26-21(30)17(4)28-10-12-29(13-11-28)18(5)22-25-20(27-32-22)19-8-6-16(3)7-9-19/h6-9,15,17-18H,10-14H2,1-5H3,(H2,24,26,30,31). The van der Waals surface area contributed by atoms with Crippen molar-refractivity contribution in [1.29, 1.82) is 0 Å². The van der Waals surface area contributed by atoms with Crippen LogP contribution in [0.2, 0.25) is 0 Å². The summed E-state index contributed by atoms with van der Waals surface area (Å²) in [6.45, 7) is 13.4. The average molecular weight is 443 g/mol. The van der Waals surface area contributed by atoms with Crippen molar-refractivity contribution in [2.75, 3.05) is 32.7 Å². The van der Waals surface area contributed by atoms with Crippen LogP contribution in [0.25, 0.3) is 11.4 Å². The Kier molecular flexibility index (Phi) is 7.98. The molecule has 0 aliphatic carbocycles. The van der Waals surface area contributed by atoms with Crippen molar-refractivity contribution in [3.63, 3.8) is 0 Å². The van der Waals surface area contributed by atoms with Gasteiger partial charge in [-0.2, -0.15) is 4.98 Å². The summed E-state index contributed by atoms with van der Waals surface area (Å²) in [5.41, 5.74) is 2.11. The summed E-state index contributed by atoms with van der Waals surface area (Å²) in [7, 11) is 0. The number of carbonyl (C=O) groups excluding carboxylic acids is 2. The van der Waals surface area contributed by atoms with Crippen LogP contribution >= 0.6 is 0 Å². The quantitative estimate of drug-likeness (QED) is 0.679. The highest BCUT2D eigenvalue weighted by atomic mass is 16.5. The molecule has 1 fully saturated rings. The average Bonchev–Trinajstić information content (AvgIpc) is 3.27.